The zero-order chi connectivity index (χ0) is 31.9. The summed E-state index contributed by atoms with van der Waals surface area (Å²) in [6.45, 7) is 1.78. The van der Waals surface area contributed by atoms with Crippen LogP contribution in [0.4, 0.5) is 57.1 Å². The summed E-state index contributed by atoms with van der Waals surface area (Å²) in [6.07, 6.45) is -12.3. The Bertz CT molecular complexity index is 716. The fourth-order valence-corrected chi connectivity index (χ4v) is 1.86. The van der Waals surface area contributed by atoms with E-state index in [1.165, 1.54) is 0 Å². The van der Waals surface area contributed by atoms with Gasteiger partial charge in [0, 0.05) is 12.6 Å². The Morgan fingerprint density at radius 1 is 0.718 bits per heavy atom. The number of carboxylic acid groups (broad SMARTS) is 1. The molecule has 0 aliphatic carbocycles. The summed E-state index contributed by atoms with van der Waals surface area (Å²) in [7, 11) is 0. The predicted octanol–water partition coefficient (Wildman–Crippen LogP) is 0.722. The van der Waals surface area contributed by atoms with Gasteiger partial charge in [0.15, 0.2) is 0 Å². The summed E-state index contributed by atoms with van der Waals surface area (Å²) in [5, 5.41) is 35.8. The van der Waals surface area contributed by atoms with Gasteiger partial charge in [-0.3, -0.25) is 4.79 Å². The number of ether oxygens (including phenoxy) is 1. The first-order chi connectivity index (χ1) is 17.4. The third kappa shape index (κ3) is 11.9. The number of carbonyl (C=O) groups excluding carboxylic acids is 2. The third-order valence-electron chi connectivity index (χ3n) is 3.88. The molecule has 0 unspecified atom stereocenters. The third-order valence-corrected chi connectivity index (χ3v) is 3.88. The summed E-state index contributed by atoms with van der Waals surface area (Å²) < 4.78 is 170. The number of rotatable bonds is 14. The molecular weight excluding hydrogens is 589 g/mol. The van der Waals surface area contributed by atoms with Crippen molar-refractivity contribution in [2.24, 2.45) is 0 Å². The molecule has 0 aromatic heterocycles. The molecule has 0 rings (SSSR count). The Morgan fingerprint density at radius 3 is 1.44 bits per heavy atom. The van der Waals surface area contributed by atoms with Gasteiger partial charge in [-0.05, 0) is 13.3 Å². The quantitative estimate of drug-likeness (QED) is 0.128. The van der Waals surface area contributed by atoms with Gasteiger partial charge in [-0.15, -0.1) is 0 Å². The molecule has 0 bridgehead atoms. The van der Waals surface area contributed by atoms with Crippen LogP contribution >= 0.6 is 0 Å². The maximum absolute atomic E-state index is 13.3. The fourth-order valence-electron chi connectivity index (χ4n) is 1.86. The summed E-state index contributed by atoms with van der Waals surface area (Å²) in [5.74, 6) is -41.1. The average Bonchev–Trinajstić information content (AvgIpc) is 2.77. The molecule has 236 valence electrons. The van der Waals surface area contributed by atoms with Crippen molar-refractivity contribution in [2.45, 2.75) is 62.0 Å². The first kappa shape index (κ1) is 41.4. The van der Waals surface area contributed by atoms with Gasteiger partial charge in [-0.1, -0.05) is 0 Å². The Labute approximate surface area is 211 Å². The van der Waals surface area contributed by atoms with Gasteiger partial charge in [-0.25, -0.2) is 0 Å². The molecule has 0 aliphatic rings. The van der Waals surface area contributed by atoms with Crippen molar-refractivity contribution in [1.82, 2.24) is 0 Å². The smallest absolute Gasteiger partial charge is 0.460 e. The summed E-state index contributed by atoms with van der Waals surface area (Å²) >= 11 is 0. The van der Waals surface area contributed by atoms with E-state index in [0.717, 1.165) is 0 Å². The molecule has 5 N–H and O–H groups in total. The molecular formula is C18H26F13NO7. The zero-order valence-corrected chi connectivity index (χ0v) is 19.8. The standard InChI is InChI=1S/C12H9F13O4.C4H11NO2.C2H6O/c13-7(14,3-4-29-6(28)2-1-5(26)27)8(15,16)9(17,18)10(19,20)11(21,22)12(23,24)25;6-3-1-5-2-4-7;1-2-3/h1-4H2,(H,26,27);5-7H,1-4H2;3H,2H2,1H3. The number of aliphatic hydroxyl groups is 3. The molecule has 0 aliphatic heterocycles. The predicted molar refractivity (Wildman–Crippen MR) is 99.2 cm³/mol. The van der Waals surface area contributed by atoms with Crippen LogP contribution in [0.25, 0.3) is 0 Å². The maximum atomic E-state index is 13.3. The molecule has 21 heteroatoms. The number of carboxylic acids is 1. The van der Waals surface area contributed by atoms with Crippen LogP contribution in [0, 0.1) is 0 Å². The van der Waals surface area contributed by atoms with Gasteiger partial charge in [0.1, 0.15) is 0 Å². The molecule has 0 saturated carbocycles. The van der Waals surface area contributed by atoms with Crippen molar-refractivity contribution in [3.8, 4) is 0 Å². The number of nitrogens with two attached hydrogens (primary N) is 1. The van der Waals surface area contributed by atoms with Gasteiger partial charge in [0.05, 0.1) is 45.8 Å². The van der Waals surface area contributed by atoms with E-state index in [2.05, 4.69) is 4.74 Å². The normalized spacial score (nSPS) is 13.1. The first-order valence-corrected chi connectivity index (χ1v) is 10.3. The molecule has 0 radical (unpaired) electrons. The summed E-state index contributed by atoms with van der Waals surface area (Å²) in [5.41, 5.74) is 0. The lowest BCUT2D eigenvalue weighted by molar-refractivity contribution is -0.657. The van der Waals surface area contributed by atoms with Crippen molar-refractivity contribution in [1.29, 1.82) is 0 Å². The number of carbonyl (C=O) groups is 2. The topological polar surface area (TPSA) is 144 Å². The second kappa shape index (κ2) is 16.9. The van der Waals surface area contributed by atoms with Crippen LogP contribution in [0.1, 0.15) is 26.2 Å². The number of aliphatic hydroxyl groups excluding tert-OH is 3. The highest BCUT2D eigenvalue weighted by molar-refractivity contribution is 5.75. The molecule has 0 aromatic rings. The minimum atomic E-state index is -8.00. The van der Waals surface area contributed by atoms with Gasteiger partial charge in [0.2, 0.25) is 0 Å². The van der Waals surface area contributed by atoms with E-state index in [0.29, 0.717) is 13.1 Å². The number of halogens is 13. The van der Waals surface area contributed by atoms with Gasteiger partial charge < -0.3 is 35.3 Å². The Hall–Kier alpha value is -2.13. The molecule has 0 saturated heterocycles. The lowest BCUT2D eigenvalue weighted by Gasteiger charge is -2.39. The minimum Gasteiger partial charge on any atom is -0.550 e. The zero-order valence-electron chi connectivity index (χ0n) is 19.8. The van der Waals surface area contributed by atoms with Crippen molar-refractivity contribution in [3.63, 3.8) is 0 Å². The van der Waals surface area contributed by atoms with E-state index in [4.69, 9.17) is 15.3 Å². The average molecular weight is 615 g/mol. The summed E-state index contributed by atoms with van der Waals surface area (Å²) in [4.78, 5) is 20.8. The van der Waals surface area contributed by atoms with Crippen molar-refractivity contribution < 1.29 is 97.1 Å². The number of hydrogen-bond donors (Lipinski definition) is 4. The van der Waals surface area contributed by atoms with Crippen LogP contribution in [0.3, 0.4) is 0 Å². The molecule has 0 fully saturated rings. The second-order valence-corrected chi connectivity index (χ2v) is 6.97. The Morgan fingerprint density at radius 2 is 1.10 bits per heavy atom. The van der Waals surface area contributed by atoms with Gasteiger partial charge >= 0.3 is 41.8 Å². The van der Waals surface area contributed by atoms with Crippen LogP contribution in [0.15, 0.2) is 0 Å². The van der Waals surface area contributed by atoms with Crippen molar-refractivity contribution in [2.75, 3.05) is 39.5 Å². The van der Waals surface area contributed by atoms with Gasteiger partial charge in [0.25, 0.3) is 0 Å². The number of esters is 1. The van der Waals surface area contributed by atoms with Crippen molar-refractivity contribution in [3.05, 3.63) is 0 Å². The highest BCUT2D eigenvalue weighted by Gasteiger charge is 2.90. The second-order valence-electron chi connectivity index (χ2n) is 6.97. The van der Waals surface area contributed by atoms with E-state index in [9.17, 15) is 71.8 Å². The molecule has 0 atom stereocenters. The molecule has 0 heterocycles. The van der Waals surface area contributed by atoms with E-state index >= 15 is 0 Å². The van der Waals surface area contributed by atoms with E-state index in [1.54, 1.807) is 6.92 Å². The number of quaternary nitrogens is 1. The molecule has 8 nitrogen and oxygen atoms in total. The molecule has 0 aromatic carbocycles. The van der Waals surface area contributed by atoms with E-state index in [1.807, 2.05) is 5.32 Å². The monoisotopic (exact) mass is 615 g/mol. The Kier molecular flexibility index (Phi) is 17.9. The fraction of sp³-hybridized carbons (Fsp3) is 0.889. The lowest BCUT2D eigenvalue weighted by atomic mass is 9.93. The Balaban J connectivity index is -0.00000110. The van der Waals surface area contributed by atoms with Crippen LogP contribution in [0.2, 0.25) is 0 Å². The van der Waals surface area contributed by atoms with E-state index < -0.39 is 73.6 Å². The maximum Gasteiger partial charge on any atom is 0.460 e. The van der Waals surface area contributed by atoms with Crippen molar-refractivity contribution >= 4 is 11.9 Å². The largest absolute Gasteiger partial charge is 0.550 e. The highest BCUT2D eigenvalue weighted by atomic mass is 19.4. The summed E-state index contributed by atoms with van der Waals surface area (Å²) in [6, 6.07) is 0. The molecule has 39 heavy (non-hydrogen) atoms. The first-order valence-electron chi connectivity index (χ1n) is 10.3. The minimum absolute atomic E-state index is 0.194. The number of hydrogen-bond acceptors (Lipinski definition) is 7. The molecule has 0 amide bonds. The van der Waals surface area contributed by atoms with E-state index in [-0.39, 0.29) is 19.8 Å². The lowest BCUT2D eigenvalue weighted by Crippen LogP contribution is -2.85. The molecule has 0 spiro atoms. The van der Waals surface area contributed by atoms with Crippen LogP contribution < -0.4 is 10.4 Å². The number of aliphatic carboxylic acids is 1. The number of alkyl halides is 13. The highest BCUT2D eigenvalue weighted by Crippen LogP contribution is 2.60. The van der Waals surface area contributed by atoms with Gasteiger partial charge in [-0.2, -0.15) is 57.1 Å². The van der Waals surface area contributed by atoms with Crippen LogP contribution in [-0.2, 0) is 14.3 Å². The van der Waals surface area contributed by atoms with Crippen LogP contribution in [0.5, 0.6) is 0 Å². The SMILES string of the molecule is CCO.O=C([O-])CCC(=O)OCCC(F)(F)C(F)(F)C(F)(F)C(F)(F)C(F)(F)C(F)(F)F.OCC[NH2+]CCO. The van der Waals surface area contributed by atoms with Crippen LogP contribution in [-0.4, -0.2) is 103 Å².